The van der Waals surface area contributed by atoms with Crippen molar-refractivity contribution >= 4 is 50.0 Å². The lowest BCUT2D eigenvalue weighted by Gasteiger charge is -2.09. The van der Waals surface area contributed by atoms with Crippen molar-refractivity contribution in [2.45, 2.75) is 6.92 Å². The topological polar surface area (TPSA) is 67.8 Å². The van der Waals surface area contributed by atoms with Crippen LogP contribution in [0.25, 0.3) is 0 Å². The zero-order chi connectivity index (χ0) is 20.8. The summed E-state index contributed by atoms with van der Waals surface area (Å²) in [6.45, 7) is 1.85. The quantitative estimate of drug-likeness (QED) is 0.211. The van der Waals surface area contributed by atoms with Gasteiger partial charge in [0.2, 0.25) is 0 Å². The second-order valence-corrected chi connectivity index (χ2v) is 7.92. The molecule has 0 aliphatic heterocycles. The van der Waals surface area contributed by atoms with E-state index in [0.717, 1.165) is 14.5 Å². The lowest BCUT2D eigenvalue weighted by molar-refractivity contribution is 0.0733. The highest BCUT2D eigenvalue weighted by Gasteiger charge is 2.13. The second kappa shape index (κ2) is 9.62. The summed E-state index contributed by atoms with van der Waals surface area (Å²) >= 11 is 6.72. The summed E-state index contributed by atoms with van der Waals surface area (Å²) < 4.78 is 7.22. The zero-order valence-electron chi connectivity index (χ0n) is 15.4. The number of hydrogen-bond acceptors (Lipinski definition) is 4. The molecular formula is C22H16Br2N2O3. The Kier molecular flexibility index (Phi) is 6.95. The summed E-state index contributed by atoms with van der Waals surface area (Å²) in [5, 5.41) is 3.99. The molecule has 3 rings (SSSR count). The predicted octanol–water partition coefficient (Wildman–Crippen LogP) is 5.50. The van der Waals surface area contributed by atoms with Crippen molar-refractivity contribution in [2.75, 3.05) is 0 Å². The van der Waals surface area contributed by atoms with Gasteiger partial charge >= 0.3 is 5.97 Å². The molecule has 146 valence electrons. The van der Waals surface area contributed by atoms with Crippen molar-refractivity contribution < 1.29 is 14.3 Å². The summed E-state index contributed by atoms with van der Waals surface area (Å²) in [7, 11) is 0. The molecule has 0 bridgehead atoms. The number of benzene rings is 3. The lowest BCUT2D eigenvalue weighted by atomic mass is 10.1. The van der Waals surface area contributed by atoms with Crippen molar-refractivity contribution in [3.63, 3.8) is 0 Å². The van der Waals surface area contributed by atoms with E-state index in [-0.39, 0.29) is 5.91 Å². The molecule has 0 saturated carbocycles. The predicted molar refractivity (Wildman–Crippen MR) is 119 cm³/mol. The molecule has 0 radical (unpaired) electrons. The van der Waals surface area contributed by atoms with E-state index < -0.39 is 5.97 Å². The number of nitrogens with zero attached hydrogens (tertiary/aromatic N) is 1. The third kappa shape index (κ3) is 5.62. The van der Waals surface area contributed by atoms with E-state index in [1.54, 1.807) is 54.6 Å². The van der Waals surface area contributed by atoms with Gasteiger partial charge in [-0.1, -0.05) is 50.1 Å². The van der Waals surface area contributed by atoms with Crippen LogP contribution in [0.5, 0.6) is 5.75 Å². The van der Waals surface area contributed by atoms with E-state index in [9.17, 15) is 9.59 Å². The van der Waals surface area contributed by atoms with Gasteiger partial charge in [0.05, 0.1) is 11.8 Å². The van der Waals surface area contributed by atoms with Crippen LogP contribution >= 0.6 is 31.9 Å². The van der Waals surface area contributed by atoms with E-state index in [1.807, 2.05) is 19.1 Å². The van der Waals surface area contributed by atoms with Crippen LogP contribution < -0.4 is 10.2 Å². The molecule has 0 aliphatic carbocycles. The largest absolute Gasteiger partial charge is 0.422 e. The summed E-state index contributed by atoms with van der Waals surface area (Å²) in [5.41, 5.74) is 4.80. The van der Waals surface area contributed by atoms with Gasteiger partial charge in [-0.2, -0.15) is 5.10 Å². The Morgan fingerprint density at radius 2 is 1.66 bits per heavy atom. The maximum atomic E-state index is 12.5. The van der Waals surface area contributed by atoms with E-state index in [1.165, 1.54) is 6.21 Å². The molecule has 7 heteroatoms. The van der Waals surface area contributed by atoms with Crippen LogP contribution in [0, 0.1) is 6.92 Å². The van der Waals surface area contributed by atoms with Crippen molar-refractivity contribution in [1.29, 1.82) is 0 Å². The maximum absolute atomic E-state index is 12.5. The average molecular weight is 516 g/mol. The first-order chi connectivity index (χ1) is 13.9. The van der Waals surface area contributed by atoms with Crippen LogP contribution in [0.2, 0.25) is 0 Å². The number of hydrogen-bond donors (Lipinski definition) is 1. The SMILES string of the molecule is Cc1ccccc1C(=O)Oc1ccc(Br)cc1C=NNC(=O)c1ccc(Br)cc1. The van der Waals surface area contributed by atoms with Gasteiger partial charge in [0.25, 0.3) is 5.91 Å². The highest BCUT2D eigenvalue weighted by Crippen LogP contribution is 2.23. The standard InChI is InChI=1S/C22H16Br2N2O3/c1-14-4-2-3-5-19(14)22(28)29-20-11-10-18(24)12-16(20)13-25-26-21(27)15-6-8-17(23)9-7-15/h2-13H,1H3,(H,26,27). The van der Waals surface area contributed by atoms with E-state index in [4.69, 9.17) is 4.74 Å². The maximum Gasteiger partial charge on any atom is 0.343 e. The first-order valence-corrected chi connectivity index (χ1v) is 10.2. The van der Waals surface area contributed by atoms with Crippen molar-refractivity contribution in [2.24, 2.45) is 5.10 Å². The molecule has 0 aromatic heterocycles. The van der Waals surface area contributed by atoms with Gasteiger partial charge in [-0.25, -0.2) is 10.2 Å². The lowest BCUT2D eigenvalue weighted by Crippen LogP contribution is -2.17. The molecule has 0 spiro atoms. The summed E-state index contributed by atoms with van der Waals surface area (Å²) in [6, 6.07) is 19.3. The number of ether oxygens (including phenoxy) is 1. The minimum atomic E-state index is -0.459. The Labute approximate surface area is 185 Å². The van der Waals surface area contributed by atoms with Crippen LogP contribution in [0.4, 0.5) is 0 Å². The first kappa shape index (κ1) is 21.0. The Bertz CT molecular complexity index is 1080. The number of rotatable bonds is 5. The molecule has 0 saturated heterocycles. The fraction of sp³-hybridized carbons (Fsp3) is 0.0455. The second-order valence-electron chi connectivity index (χ2n) is 6.09. The fourth-order valence-electron chi connectivity index (χ4n) is 2.50. The Balaban J connectivity index is 1.75. The fourth-order valence-corrected chi connectivity index (χ4v) is 3.14. The van der Waals surface area contributed by atoms with Crippen molar-refractivity contribution in [3.05, 3.63) is 97.9 Å². The molecule has 29 heavy (non-hydrogen) atoms. The molecule has 0 fully saturated rings. The van der Waals surface area contributed by atoms with Crippen molar-refractivity contribution in [1.82, 2.24) is 5.43 Å². The van der Waals surface area contributed by atoms with Gasteiger partial charge in [-0.3, -0.25) is 4.79 Å². The smallest absolute Gasteiger partial charge is 0.343 e. The molecule has 0 heterocycles. The van der Waals surface area contributed by atoms with Gasteiger partial charge in [-0.15, -0.1) is 0 Å². The number of aryl methyl sites for hydroxylation is 1. The van der Waals surface area contributed by atoms with Crippen molar-refractivity contribution in [3.8, 4) is 5.75 Å². The highest BCUT2D eigenvalue weighted by atomic mass is 79.9. The normalized spacial score (nSPS) is 10.7. The molecule has 0 unspecified atom stereocenters. The third-order valence-electron chi connectivity index (χ3n) is 4.02. The van der Waals surface area contributed by atoms with Gasteiger partial charge in [0, 0.05) is 20.1 Å². The van der Waals surface area contributed by atoms with Gasteiger partial charge in [0.1, 0.15) is 5.75 Å². The average Bonchev–Trinajstić information content (AvgIpc) is 2.70. The third-order valence-corrected chi connectivity index (χ3v) is 5.04. The molecular weight excluding hydrogens is 500 g/mol. The van der Waals surface area contributed by atoms with Gasteiger partial charge in [-0.05, 0) is 61.0 Å². The number of nitrogens with one attached hydrogen (secondary N) is 1. The van der Waals surface area contributed by atoms with E-state index in [0.29, 0.717) is 22.4 Å². The number of hydrazone groups is 1. The molecule has 3 aromatic carbocycles. The van der Waals surface area contributed by atoms with Crippen LogP contribution in [-0.2, 0) is 0 Å². The molecule has 0 aliphatic rings. The molecule has 0 atom stereocenters. The van der Waals surface area contributed by atoms with Crippen LogP contribution in [0.15, 0.2) is 80.8 Å². The van der Waals surface area contributed by atoms with E-state index in [2.05, 4.69) is 42.4 Å². The highest BCUT2D eigenvalue weighted by molar-refractivity contribution is 9.10. The molecule has 1 N–H and O–H groups in total. The monoisotopic (exact) mass is 514 g/mol. The minimum absolute atomic E-state index is 0.336. The van der Waals surface area contributed by atoms with E-state index >= 15 is 0 Å². The summed E-state index contributed by atoms with van der Waals surface area (Å²) in [5.74, 6) is -0.468. The van der Waals surface area contributed by atoms with Crippen LogP contribution in [0.3, 0.4) is 0 Å². The molecule has 5 nitrogen and oxygen atoms in total. The molecule has 1 amide bonds. The Morgan fingerprint density at radius 3 is 2.38 bits per heavy atom. The van der Waals surface area contributed by atoms with Crippen LogP contribution in [-0.4, -0.2) is 18.1 Å². The number of carbonyl (C=O) groups is 2. The minimum Gasteiger partial charge on any atom is -0.422 e. The Morgan fingerprint density at radius 1 is 0.966 bits per heavy atom. The van der Waals surface area contributed by atoms with Gasteiger partial charge in [0.15, 0.2) is 0 Å². The molecule has 3 aromatic rings. The number of esters is 1. The Hall–Kier alpha value is -2.77. The van der Waals surface area contributed by atoms with Gasteiger partial charge < -0.3 is 4.74 Å². The van der Waals surface area contributed by atoms with Crippen LogP contribution in [0.1, 0.15) is 31.8 Å². The number of amides is 1. The first-order valence-electron chi connectivity index (χ1n) is 8.60. The zero-order valence-corrected chi connectivity index (χ0v) is 18.5. The number of carbonyl (C=O) groups excluding carboxylic acids is 2. The number of halogens is 2. The summed E-state index contributed by atoms with van der Waals surface area (Å²) in [4.78, 5) is 24.7. The summed E-state index contributed by atoms with van der Waals surface area (Å²) in [6.07, 6.45) is 1.43.